The highest BCUT2D eigenvalue weighted by Crippen LogP contribution is 2.18. The number of rotatable bonds is 4. The predicted octanol–water partition coefficient (Wildman–Crippen LogP) is 3.45. The van der Waals surface area contributed by atoms with Crippen molar-refractivity contribution in [2.75, 3.05) is 5.32 Å². The van der Waals surface area contributed by atoms with Crippen molar-refractivity contribution in [1.82, 2.24) is 14.8 Å². The van der Waals surface area contributed by atoms with E-state index in [9.17, 15) is 0 Å². The lowest BCUT2D eigenvalue weighted by molar-refractivity contribution is 0.746. The van der Waals surface area contributed by atoms with Crippen LogP contribution in [0.15, 0.2) is 36.5 Å². The number of hydrogen-bond acceptors (Lipinski definition) is 3. The number of hydrogen-bond donors (Lipinski definition) is 1. The lowest BCUT2D eigenvalue weighted by atomic mass is 10.1. The summed E-state index contributed by atoms with van der Waals surface area (Å²) in [6.45, 7) is 4.93. The van der Waals surface area contributed by atoms with Crippen LogP contribution in [0.25, 0.3) is 10.9 Å². The highest BCUT2D eigenvalue weighted by molar-refractivity contribution is 5.79. The van der Waals surface area contributed by atoms with Crippen LogP contribution in [-0.4, -0.2) is 14.8 Å². The molecular formula is C17H20N4. The van der Waals surface area contributed by atoms with Crippen LogP contribution in [-0.2, 0) is 20.0 Å². The van der Waals surface area contributed by atoms with Crippen molar-refractivity contribution in [2.24, 2.45) is 7.05 Å². The molecule has 0 atom stereocenters. The first-order valence-electron chi connectivity index (χ1n) is 7.28. The number of aryl methyl sites for hydroxylation is 3. The van der Waals surface area contributed by atoms with Gasteiger partial charge >= 0.3 is 0 Å². The van der Waals surface area contributed by atoms with Crippen molar-refractivity contribution in [3.05, 3.63) is 53.5 Å². The molecule has 0 fully saturated rings. The molecule has 0 radical (unpaired) electrons. The van der Waals surface area contributed by atoms with Gasteiger partial charge < -0.3 is 5.32 Å². The molecule has 0 aliphatic rings. The molecular weight excluding hydrogens is 260 g/mol. The summed E-state index contributed by atoms with van der Waals surface area (Å²) in [5.41, 5.74) is 5.57. The highest BCUT2D eigenvalue weighted by Gasteiger charge is 2.05. The molecule has 1 N–H and O–H groups in total. The summed E-state index contributed by atoms with van der Waals surface area (Å²) in [6, 6.07) is 10.6. The zero-order valence-electron chi connectivity index (χ0n) is 12.7. The molecule has 4 nitrogen and oxygen atoms in total. The summed E-state index contributed by atoms with van der Waals surface area (Å²) in [5.74, 6) is 0. The van der Waals surface area contributed by atoms with E-state index in [1.165, 1.54) is 10.9 Å². The van der Waals surface area contributed by atoms with Gasteiger partial charge in [-0.2, -0.15) is 5.10 Å². The molecule has 0 saturated carbocycles. The third kappa shape index (κ3) is 2.89. The van der Waals surface area contributed by atoms with Crippen LogP contribution >= 0.6 is 0 Å². The van der Waals surface area contributed by atoms with E-state index >= 15 is 0 Å². The van der Waals surface area contributed by atoms with E-state index in [0.29, 0.717) is 0 Å². The zero-order valence-corrected chi connectivity index (χ0v) is 12.7. The van der Waals surface area contributed by atoms with Crippen molar-refractivity contribution in [2.45, 2.75) is 26.8 Å². The fourth-order valence-electron chi connectivity index (χ4n) is 2.53. The van der Waals surface area contributed by atoms with Gasteiger partial charge in [-0.1, -0.05) is 19.1 Å². The van der Waals surface area contributed by atoms with E-state index in [1.807, 2.05) is 24.9 Å². The van der Waals surface area contributed by atoms with Crippen molar-refractivity contribution in [1.29, 1.82) is 0 Å². The largest absolute Gasteiger partial charge is 0.378 e. The Morgan fingerprint density at radius 2 is 2.05 bits per heavy atom. The Hall–Kier alpha value is -2.36. The molecule has 108 valence electrons. The molecule has 2 heterocycles. The third-order valence-corrected chi connectivity index (χ3v) is 3.62. The lowest BCUT2D eigenvalue weighted by Gasteiger charge is -2.07. The van der Waals surface area contributed by atoms with Gasteiger partial charge in [-0.15, -0.1) is 0 Å². The van der Waals surface area contributed by atoms with Gasteiger partial charge in [0.25, 0.3) is 0 Å². The van der Waals surface area contributed by atoms with Crippen LogP contribution in [0.2, 0.25) is 0 Å². The highest BCUT2D eigenvalue weighted by atomic mass is 15.3. The number of nitrogens with one attached hydrogen (secondary N) is 1. The number of anilines is 1. The van der Waals surface area contributed by atoms with Crippen LogP contribution in [0.1, 0.15) is 23.9 Å². The Kier molecular flexibility index (Phi) is 3.60. The number of benzene rings is 1. The molecule has 0 bridgehead atoms. The molecule has 0 unspecified atom stereocenters. The summed E-state index contributed by atoms with van der Waals surface area (Å²) in [5, 5.41) is 9.10. The second-order valence-corrected chi connectivity index (χ2v) is 5.35. The first kappa shape index (κ1) is 13.6. The van der Waals surface area contributed by atoms with E-state index < -0.39 is 0 Å². The van der Waals surface area contributed by atoms with E-state index in [1.54, 1.807) is 0 Å². The van der Waals surface area contributed by atoms with Crippen molar-refractivity contribution < 1.29 is 0 Å². The average molecular weight is 280 g/mol. The maximum atomic E-state index is 4.53. The quantitative estimate of drug-likeness (QED) is 0.796. The van der Waals surface area contributed by atoms with Gasteiger partial charge in [0.05, 0.1) is 16.9 Å². The minimum Gasteiger partial charge on any atom is -0.378 e. The van der Waals surface area contributed by atoms with Crippen molar-refractivity contribution >= 4 is 16.6 Å². The molecule has 3 rings (SSSR count). The molecule has 1 aromatic carbocycles. The fourth-order valence-corrected chi connectivity index (χ4v) is 2.53. The number of fused-ring (bicyclic) bond motifs is 1. The van der Waals surface area contributed by atoms with Gasteiger partial charge in [0, 0.05) is 30.9 Å². The summed E-state index contributed by atoms with van der Waals surface area (Å²) in [4.78, 5) is 4.53. The summed E-state index contributed by atoms with van der Waals surface area (Å²) >= 11 is 0. The van der Waals surface area contributed by atoms with Gasteiger partial charge in [0.1, 0.15) is 0 Å². The van der Waals surface area contributed by atoms with Gasteiger partial charge in [-0.25, -0.2) is 0 Å². The topological polar surface area (TPSA) is 42.7 Å². The second kappa shape index (κ2) is 5.56. The monoisotopic (exact) mass is 280 g/mol. The van der Waals surface area contributed by atoms with E-state index in [0.717, 1.165) is 35.6 Å². The van der Waals surface area contributed by atoms with Crippen molar-refractivity contribution in [3.8, 4) is 0 Å². The molecule has 0 aliphatic heterocycles. The van der Waals surface area contributed by atoms with Crippen LogP contribution < -0.4 is 5.32 Å². The van der Waals surface area contributed by atoms with Gasteiger partial charge in [-0.05, 0) is 37.1 Å². The van der Waals surface area contributed by atoms with E-state index in [-0.39, 0.29) is 0 Å². The standard InChI is InChI=1S/C17H20N4/c1-4-15-17(11-21(3)20-15)18-10-13-6-8-16-14(9-13)7-5-12(2)19-16/h5-9,11,18H,4,10H2,1-3H3. The van der Waals surface area contributed by atoms with Crippen molar-refractivity contribution in [3.63, 3.8) is 0 Å². The molecule has 0 amide bonds. The molecule has 0 aliphatic carbocycles. The normalized spacial score (nSPS) is 11.0. The molecule has 21 heavy (non-hydrogen) atoms. The lowest BCUT2D eigenvalue weighted by Crippen LogP contribution is -2.01. The average Bonchev–Trinajstić information content (AvgIpc) is 2.85. The molecule has 4 heteroatoms. The minimum absolute atomic E-state index is 0.794. The third-order valence-electron chi connectivity index (χ3n) is 3.62. The Balaban J connectivity index is 1.80. The molecule has 2 aromatic heterocycles. The second-order valence-electron chi connectivity index (χ2n) is 5.35. The number of nitrogens with zero attached hydrogens (tertiary/aromatic N) is 3. The molecule has 3 aromatic rings. The first-order chi connectivity index (χ1) is 10.2. The zero-order chi connectivity index (χ0) is 14.8. The molecule has 0 spiro atoms. The van der Waals surface area contributed by atoms with Gasteiger partial charge in [0.15, 0.2) is 0 Å². The maximum Gasteiger partial charge on any atom is 0.0853 e. The SMILES string of the molecule is CCc1nn(C)cc1NCc1ccc2nc(C)ccc2c1. The number of pyridine rings is 1. The van der Waals surface area contributed by atoms with Crippen LogP contribution in [0.3, 0.4) is 0 Å². The van der Waals surface area contributed by atoms with Crippen LogP contribution in [0.4, 0.5) is 5.69 Å². The fraction of sp³-hybridized carbons (Fsp3) is 0.294. The molecule has 0 saturated heterocycles. The van der Waals surface area contributed by atoms with Gasteiger partial charge in [0.2, 0.25) is 0 Å². The summed E-state index contributed by atoms with van der Waals surface area (Å²) < 4.78 is 1.86. The minimum atomic E-state index is 0.794. The van der Waals surface area contributed by atoms with Crippen LogP contribution in [0.5, 0.6) is 0 Å². The van der Waals surface area contributed by atoms with E-state index in [4.69, 9.17) is 0 Å². The Labute approximate surface area is 124 Å². The Morgan fingerprint density at radius 3 is 2.86 bits per heavy atom. The summed E-state index contributed by atoms with van der Waals surface area (Å²) in [7, 11) is 1.95. The van der Waals surface area contributed by atoms with Gasteiger partial charge in [-0.3, -0.25) is 9.67 Å². The smallest absolute Gasteiger partial charge is 0.0853 e. The predicted molar refractivity (Wildman–Crippen MR) is 86.4 cm³/mol. The Bertz CT molecular complexity index is 774. The van der Waals surface area contributed by atoms with Crippen LogP contribution in [0, 0.1) is 6.92 Å². The van der Waals surface area contributed by atoms with E-state index in [2.05, 4.69) is 52.7 Å². The Morgan fingerprint density at radius 1 is 1.19 bits per heavy atom. The first-order valence-corrected chi connectivity index (χ1v) is 7.28. The number of aromatic nitrogens is 3. The summed E-state index contributed by atoms with van der Waals surface area (Å²) in [6.07, 6.45) is 2.97. The maximum absolute atomic E-state index is 4.53.